The van der Waals surface area contributed by atoms with Crippen LogP contribution in [-0.2, 0) is 10.3 Å². The van der Waals surface area contributed by atoms with Crippen molar-refractivity contribution in [2.75, 3.05) is 0 Å². The maximum Gasteiger partial charge on any atom is 0.234 e. The number of carbonyl (C=O) groups is 1. The summed E-state index contributed by atoms with van der Waals surface area (Å²) < 4.78 is 13.0. The van der Waals surface area contributed by atoms with Gasteiger partial charge in [-0.05, 0) is 31.5 Å². The molecule has 0 fully saturated rings. The summed E-state index contributed by atoms with van der Waals surface area (Å²) >= 11 is 0. The topological polar surface area (TPSA) is 52.9 Å². The molecule has 16 heavy (non-hydrogen) atoms. The highest BCUT2D eigenvalue weighted by Crippen LogP contribution is 2.20. The largest absolute Gasteiger partial charge is 0.346 e. The first-order valence-electron chi connectivity index (χ1n) is 4.90. The van der Waals surface area contributed by atoms with Gasteiger partial charge in [-0.25, -0.2) is 4.39 Å². The van der Waals surface area contributed by atoms with E-state index in [-0.39, 0.29) is 18.1 Å². The van der Waals surface area contributed by atoms with Crippen LogP contribution < -0.4 is 5.32 Å². The number of carbonyl (C=O) groups excluding carboxylic acids is 1. The Morgan fingerprint density at radius 1 is 1.56 bits per heavy atom. The minimum Gasteiger partial charge on any atom is -0.346 e. The van der Waals surface area contributed by atoms with E-state index in [9.17, 15) is 9.18 Å². The zero-order valence-electron chi connectivity index (χ0n) is 9.25. The van der Waals surface area contributed by atoms with E-state index in [1.165, 1.54) is 12.1 Å². The minimum atomic E-state index is -0.684. The molecule has 4 heteroatoms. The SMILES string of the molecule is CC(C)(NC(=O)CC#N)c1cccc(F)c1. The van der Waals surface area contributed by atoms with Crippen molar-refractivity contribution < 1.29 is 9.18 Å². The van der Waals surface area contributed by atoms with E-state index in [1.54, 1.807) is 32.0 Å². The van der Waals surface area contributed by atoms with Crippen LogP contribution in [0, 0.1) is 17.1 Å². The molecule has 1 rings (SSSR count). The Kier molecular flexibility index (Phi) is 3.62. The van der Waals surface area contributed by atoms with E-state index in [2.05, 4.69) is 5.32 Å². The molecular formula is C12H13FN2O. The molecule has 0 aliphatic heterocycles. The molecule has 0 aliphatic rings. The van der Waals surface area contributed by atoms with Crippen molar-refractivity contribution in [3.63, 3.8) is 0 Å². The van der Waals surface area contributed by atoms with Gasteiger partial charge in [0, 0.05) is 0 Å². The van der Waals surface area contributed by atoms with Crippen LogP contribution in [0.25, 0.3) is 0 Å². The maximum absolute atomic E-state index is 13.0. The van der Waals surface area contributed by atoms with E-state index in [0.29, 0.717) is 5.56 Å². The third-order valence-electron chi connectivity index (χ3n) is 2.24. The molecule has 3 nitrogen and oxygen atoms in total. The molecule has 0 bridgehead atoms. The van der Waals surface area contributed by atoms with Gasteiger partial charge in [0.1, 0.15) is 12.2 Å². The van der Waals surface area contributed by atoms with Crippen LogP contribution in [0.15, 0.2) is 24.3 Å². The highest BCUT2D eigenvalue weighted by Gasteiger charge is 2.22. The average Bonchev–Trinajstić information content (AvgIpc) is 2.17. The third kappa shape index (κ3) is 3.06. The summed E-state index contributed by atoms with van der Waals surface area (Å²) in [5.41, 5.74) is -0.0189. The smallest absolute Gasteiger partial charge is 0.234 e. The Bertz CT molecular complexity index is 435. The lowest BCUT2D eigenvalue weighted by Gasteiger charge is -2.26. The molecule has 0 aromatic heterocycles. The number of nitrogens with one attached hydrogen (secondary N) is 1. The summed E-state index contributed by atoms with van der Waals surface area (Å²) in [5.74, 6) is -0.711. The number of hydrogen-bond donors (Lipinski definition) is 1. The Hall–Kier alpha value is -1.89. The molecular weight excluding hydrogens is 207 g/mol. The molecule has 0 heterocycles. The monoisotopic (exact) mass is 220 g/mol. The molecule has 0 unspecified atom stereocenters. The Labute approximate surface area is 93.9 Å². The molecule has 0 saturated carbocycles. The number of rotatable bonds is 3. The van der Waals surface area contributed by atoms with Crippen LogP contribution in [-0.4, -0.2) is 5.91 Å². The molecule has 1 aromatic carbocycles. The highest BCUT2D eigenvalue weighted by atomic mass is 19.1. The maximum atomic E-state index is 13.0. The van der Waals surface area contributed by atoms with E-state index < -0.39 is 5.54 Å². The van der Waals surface area contributed by atoms with Gasteiger partial charge in [-0.2, -0.15) is 5.26 Å². The molecule has 1 amide bonds. The van der Waals surface area contributed by atoms with Gasteiger partial charge in [0.05, 0.1) is 11.6 Å². The van der Waals surface area contributed by atoms with Crippen LogP contribution in [0.2, 0.25) is 0 Å². The van der Waals surface area contributed by atoms with Gasteiger partial charge in [0.2, 0.25) is 5.91 Å². The molecule has 0 radical (unpaired) electrons. The van der Waals surface area contributed by atoms with Crippen molar-refractivity contribution in [2.45, 2.75) is 25.8 Å². The summed E-state index contributed by atoms with van der Waals surface area (Å²) in [4.78, 5) is 11.3. The second-order valence-electron chi connectivity index (χ2n) is 4.02. The predicted octanol–water partition coefficient (Wildman–Crippen LogP) is 2.09. The van der Waals surface area contributed by atoms with Crippen LogP contribution in [0.3, 0.4) is 0 Å². The summed E-state index contributed by atoms with van der Waals surface area (Å²) in [5, 5.41) is 11.0. The van der Waals surface area contributed by atoms with Crippen molar-refractivity contribution in [1.82, 2.24) is 5.32 Å². The summed E-state index contributed by atoms with van der Waals surface area (Å²) in [7, 11) is 0. The van der Waals surface area contributed by atoms with Gasteiger partial charge in [-0.3, -0.25) is 4.79 Å². The molecule has 84 valence electrons. The normalized spacial score (nSPS) is 10.6. The number of nitrogens with zero attached hydrogens (tertiary/aromatic N) is 1. The molecule has 0 aliphatic carbocycles. The number of benzene rings is 1. The van der Waals surface area contributed by atoms with Crippen LogP contribution in [0.1, 0.15) is 25.8 Å². The highest BCUT2D eigenvalue weighted by molar-refractivity contribution is 5.78. The molecule has 1 aromatic rings. The quantitative estimate of drug-likeness (QED) is 0.848. The molecule has 0 saturated heterocycles. The summed E-state index contributed by atoms with van der Waals surface area (Å²) in [6, 6.07) is 7.80. The predicted molar refractivity (Wildman–Crippen MR) is 57.8 cm³/mol. The lowest BCUT2D eigenvalue weighted by molar-refractivity contribution is -0.121. The van der Waals surface area contributed by atoms with Gasteiger partial charge in [-0.1, -0.05) is 12.1 Å². The molecule has 0 spiro atoms. The Balaban J connectivity index is 2.86. The van der Waals surface area contributed by atoms with E-state index in [0.717, 1.165) is 0 Å². The third-order valence-corrected chi connectivity index (χ3v) is 2.24. The van der Waals surface area contributed by atoms with E-state index >= 15 is 0 Å². The zero-order chi connectivity index (χ0) is 12.2. The standard InChI is InChI=1S/C12H13FN2O/c1-12(2,15-11(16)6-7-14)9-4-3-5-10(13)8-9/h3-5,8H,6H2,1-2H3,(H,15,16). The van der Waals surface area contributed by atoms with Crippen molar-refractivity contribution in [1.29, 1.82) is 5.26 Å². The van der Waals surface area contributed by atoms with Gasteiger partial charge < -0.3 is 5.32 Å². The first-order valence-corrected chi connectivity index (χ1v) is 4.90. The van der Waals surface area contributed by atoms with Crippen LogP contribution in [0.5, 0.6) is 0 Å². The second kappa shape index (κ2) is 4.75. The van der Waals surface area contributed by atoms with Gasteiger partial charge in [0.15, 0.2) is 0 Å². The fraction of sp³-hybridized carbons (Fsp3) is 0.333. The van der Waals surface area contributed by atoms with Gasteiger partial charge in [-0.15, -0.1) is 0 Å². The van der Waals surface area contributed by atoms with Crippen molar-refractivity contribution in [3.8, 4) is 6.07 Å². The number of halogens is 1. The molecule has 0 atom stereocenters. The van der Waals surface area contributed by atoms with Crippen LogP contribution in [0.4, 0.5) is 4.39 Å². The first-order chi connectivity index (χ1) is 7.45. The second-order valence-corrected chi connectivity index (χ2v) is 4.02. The van der Waals surface area contributed by atoms with Crippen molar-refractivity contribution in [3.05, 3.63) is 35.6 Å². The number of hydrogen-bond acceptors (Lipinski definition) is 2. The average molecular weight is 220 g/mol. The Morgan fingerprint density at radius 2 is 2.25 bits per heavy atom. The first kappa shape index (κ1) is 12.2. The fourth-order valence-corrected chi connectivity index (χ4v) is 1.41. The number of amides is 1. The van der Waals surface area contributed by atoms with Crippen LogP contribution >= 0.6 is 0 Å². The number of nitriles is 1. The van der Waals surface area contributed by atoms with E-state index in [1.807, 2.05) is 0 Å². The lowest BCUT2D eigenvalue weighted by Crippen LogP contribution is -2.40. The zero-order valence-corrected chi connectivity index (χ0v) is 9.25. The van der Waals surface area contributed by atoms with Gasteiger partial charge >= 0.3 is 0 Å². The fourth-order valence-electron chi connectivity index (χ4n) is 1.41. The molecule has 1 N–H and O–H groups in total. The Morgan fingerprint density at radius 3 is 2.81 bits per heavy atom. The van der Waals surface area contributed by atoms with Gasteiger partial charge in [0.25, 0.3) is 0 Å². The summed E-state index contributed by atoms with van der Waals surface area (Å²) in [6.45, 7) is 3.52. The lowest BCUT2D eigenvalue weighted by atomic mass is 9.94. The van der Waals surface area contributed by atoms with Crippen molar-refractivity contribution in [2.24, 2.45) is 0 Å². The van der Waals surface area contributed by atoms with Crippen molar-refractivity contribution >= 4 is 5.91 Å². The summed E-state index contributed by atoms with van der Waals surface area (Å²) in [6.07, 6.45) is -0.196. The minimum absolute atomic E-state index is 0.196. The van der Waals surface area contributed by atoms with E-state index in [4.69, 9.17) is 5.26 Å².